The first-order valence-corrected chi connectivity index (χ1v) is 21.6. The molecule has 306 valence electrons. The van der Waals surface area contributed by atoms with Crippen molar-refractivity contribution in [2.75, 3.05) is 0 Å². The lowest BCUT2D eigenvalue weighted by atomic mass is 9.92. The van der Waals surface area contributed by atoms with E-state index in [0.29, 0.717) is 34.9 Å². The highest BCUT2D eigenvalue weighted by Gasteiger charge is 2.17. The summed E-state index contributed by atoms with van der Waals surface area (Å²) in [6, 6.07) is 74.4. The lowest BCUT2D eigenvalue weighted by molar-refractivity contribution is 1.07. The van der Waals surface area contributed by atoms with E-state index >= 15 is 0 Å². The maximum absolute atomic E-state index is 5.09. The summed E-state index contributed by atoms with van der Waals surface area (Å²) in [6.07, 6.45) is 0. The molecule has 3 aromatic heterocycles. The van der Waals surface area contributed by atoms with Crippen LogP contribution in [0.2, 0.25) is 0 Å². The molecule has 65 heavy (non-hydrogen) atoms. The molecular weight excluding hydrogens is 795 g/mol. The molecule has 3 heterocycles. The summed E-state index contributed by atoms with van der Waals surface area (Å²) < 4.78 is 0. The smallest absolute Gasteiger partial charge is 0.164 e. The van der Waals surface area contributed by atoms with Crippen molar-refractivity contribution >= 4 is 10.8 Å². The van der Waals surface area contributed by atoms with Crippen LogP contribution >= 0.6 is 0 Å². The second-order valence-corrected chi connectivity index (χ2v) is 15.8. The number of rotatable bonds is 9. The molecule has 0 unspecified atom stereocenters. The van der Waals surface area contributed by atoms with Gasteiger partial charge < -0.3 is 0 Å². The predicted molar refractivity (Wildman–Crippen MR) is 262 cm³/mol. The normalized spacial score (nSPS) is 11.2. The molecule has 0 aliphatic carbocycles. The maximum Gasteiger partial charge on any atom is 0.164 e. The van der Waals surface area contributed by atoms with E-state index in [2.05, 4.69) is 121 Å². The molecule has 11 aromatic rings. The third-order valence-electron chi connectivity index (χ3n) is 11.5. The lowest BCUT2D eigenvalue weighted by Crippen LogP contribution is -2.00. The Kier molecular flexibility index (Phi) is 10.3. The van der Waals surface area contributed by atoms with Crippen molar-refractivity contribution in [3.05, 3.63) is 224 Å². The molecule has 0 saturated heterocycles. The quantitative estimate of drug-likeness (QED) is 0.143. The van der Waals surface area contributed by atoms with Crippen molar-refractivity contribution in [3.63, 3.8) is 0 Å². The monoisotopic (exact) mass is 833 g/mol. The third kappa shape index (κ3) is 8.06. The average molecular weight is 834 g/mol. The second kappa shape index (κ2) is 17.2. The predicted octanol–water partition coefficient (Wildman–Crippen LogP) is 13.9. The largest absolute Gasteiger partial charge is 0.253 e. The zero-order chi connectivity index (χ0) is 43.5. The Hall–Kier alpha value is -8.81. The topological polar surface area (TPSA) is 90.2 Å². The van der Waals surface area contributed by atoms with Crippen LogP contribution in [0.3, 0.4) is 0 Å². The molecule has 0 N–H and O–H groups in total. The molecule has 8 aromatic carbocycles. The summed E-state index contributed by atoms with van der Waals surface area (Å²) in [6.45, 7) is 2.03. The highest BCUT2D eigenvalue weighted by Crippen LogP contribution is 2.37. The number of aryl methyl sites for hydroxylation is 1. The minimum Gasteiger partial charge on any atom is -0.253 e. The highest BCUT2D eigenvalue weighted by molar-refractivity contribution is 5.95. The number of pyridine rings is 1. The summed E-state index contributed by atoms with van der Waals surface area (Å²) >= 11 is 0. The minimum absolute atomic E-state index is 0.609. The number of aromatic nitrogens is 7. The van der Waals surface area contributed by atoms with Crippen LogP contribution in [0.5, 0.6) is 0 Å². The maximum atomic E-state index is 5.09. The van der Waals surface area contributed by atoms with E-state index in [1.807, 2.05) is 104 Å². The Bertz CT molecular complexity index is 3400. The Morgan fingerprint density at radius 2 is 0.662 bits per heavy atom. The number of benzene rings is 8. The number of hydrogen-bond acceptors (Lipinski definition) is 7. The molecule has 0 saturated carbocycles. The van der Waals surface area contributed by atoms with Crippen molar-refractivity contribution in [3.8, 4) is 102 Å². The van der Waals surface area contributed by atoms with Crippen LogP contribution in [-0.2, 0) is 0 Å². The van der Waals surface area contributed by atoms with Crippen LogP contribution in [-0.4, -0.2) is 34.9 Å². The molecule has 0 fully saturated rings. The van der Waals surface area contributed by atoms with Crippen LogP contribution in [0, 0.1) is 6.92 Å². The molecule has 7 heteroatoms. The molecule has 0 atom stereocenters. The molecule has 0 spiro atoms. The molecule has 0 aliphatic rings. The van der Waals surface area contributed by atoms with Crippen LogP contribution in [0.4, 0.5) is 0 Å². The van der Waals surface area contributed by atoms with Gasteiger partial charge in [-0.25, -0.2) is 29.9 Å². The summed E-state index contributed by atoms with van der Waals surface area (Å²) in [5.41, 5.74) is 12.7. The number of fused-ring (bicyclic) bond motifs is 1. The number of nitrogens with zero attached hydrogens (tertiary/aromatic N) is 7. The third-order valence-corrected chi connectivity index (χ3v) is 11.5. The Morgan fingerprint density at radius 3 is 1.20 bits per heavy atom. The van der Waals surface area contributed by atoms with E-state index in [4.69, 9.17) is 34.9 Å². The van der Waals surface area contributed by atoms with Gasteiger partial charge in [0, 0.05) is 44.6 Å². The van der Waals surface area contributed by atoms with Gasteiger partial charge in [-0.15, -0.1) is 0 Å². The van der Waals surface area contributed by atoms with Crippen molar-refractivity contribution in [2.45, 2.75) is 6.92 Å². The van der Waals surface area contributed by atoms with E-state index in [-0.39, 0.29) is 0 Å². The fourth-order valence-corrected chi connectivity index (χ4v) is 8.19. The van der Waals surface area contributed by atoms with Gasteiger partial charge in [-0.05, 0) is 58.1 Å². The molecule has 0 bridgehead atoms. The van der Waals surface area contributed by atoms with Gasteiger partial charge in [0.2, 0.25) is 0 Å². The van der Waals surface area contributed by atoms with Crippen molar-refractivity contribution < 1.29 is 0 Å². The zero-order valence-electron chi connectivity index (χ0n) is 35.4. The van der Waals surface area contributed by atoms with Gasteiger partial charge in [-0.1, -0.05) is 200 Å². The van der Waals surface area contributed by atoms with Crippen LogP contribution in [0.25, 0.3) is 113 Å². The van der Waals surface area contributed by atoms with Crippen molar-refractivity contribution in [2.24, 2.45) is 0 Å². The van der Waals surface area contributed by atoms with Crippen LogP contribution in [0.1, 0.15) is 5.69 Å². The van der Waals surface area contributed by atoms with E-state index in [1.165, 1.54) is 0 Å². The van der Waals surface area contributed by atoms with Gasteiger partial charge in [0.15, 0.2) is 34.9 Å². The van der Waals surface area contributed by atoms with Crippen molar-refractivity contribution in [1.82, 2.24) is 34.9 Å². The zero-order valence-corrected chi connectivity index (χ0v) is 35.4. The first-order valence-electron chi connectivity index (χ1n) is 21.6. The standard InChI is InChI=1S/C58H39N7/c1-38-15-13-26-52(59-38)51-37-47(39-27-31-45(32-28-39)56-61-53(42-17-5-2-6-18-42)60-54(62-56)43-19-7-3-8-20-43)35-36-49(51)41-29-33-46(34-30-41)57-63-55(44-21-9-4-10-22-44)64-58(65-57)50-25-14-23-40-16-11-12-24-48(40)50/h2-37H,1H3. The first-order chi connectivity index (χ1) is 32.1. The molecule has 7 nitrogen and oxygen atoms in total. The van der Waals surface area contributed by atoms with Gasteiger partial charge in [0.1, 0.15) is 0 Å². The fraction of sp³-hybridized carbons (Fsp3) is 0.0172. The summed E-state index contributed by atoms with van der Waals surface area (Å²) in [7, 11) is 0. The number of hydrogen-bond donors (Lipinski definition) is 0. The Labute approximate surface area is 377 Å². The van der Waals surface area contributed by atoms with E-state index < -0.39 is 0 Å². The van der Waals surface area contributed by atoms with Gasteiger partial charge >= 0.3 is 0 Å². The van der Waals surface area contributed by atoms with Gasteiger partial charge in [-0.2, -0.15) is 0 Å². The van der Waals surface area contributed by atoms with E-state index in [0.717, 1.165) is 83.4 Å². The molecule has 0 amide bonds. The van der Waals surface area contributed by atoms with Crippen LogP contribution < -0.4 is 0 Å². The summed E-state index contributed by atoms with van der Waals surface area (Å²) in [5, 5.41) is 2.23. The fourth-order valence-electron chi connectivity index (χ4n) is 8.19. The van der Waals surface area contributed by atoms with E-state index in [1.54, 1.807) is 0 Å². The van der Waals surface area contributed by atoms with E-state index in [9.17, 15) is 0 Å². The van der Waals surface area contributed by atoms with Crippen LogP contribution in [0.15, 0.2) is 218 Å². The van der Waals surface area contributed by atoms with Gasteiger partial charge in [-0.3, -0.25) is 4.98 Å². The first kappa shape index (κ1) is 39.1. The molecule has 11 rings (SSSR count). The lowest BCUT2D eigenvalue weighted by Gasteiger charge is -2.14. The average Bonchev–Trinajstić information content (AvgIpc) is 3.39. The molecule has 0 aliphatic heterocycles. The molecular formula is C58H39N7. The Balaban J connectivity index is 0.955. The summed E-state index contributed by atoms with van der Waals surface area (Å²) in [5.74, 6) is 3.75. The Morgan fingerprint density at radius 1 is 0.246 bits per heavy atom. The van der Waals surface area contributed by atoms with Gasteiger partial charge in [0.05, 0.1) is 5.69 Å². The summed E-state index contributed by atoms with van der Waals surface area (Å²) in [4.78, 5) is 34.9. The SMILES string of the molecule is Cc1cccc(-c2cc(-c3ccc(-c4nc(-c5ccccc5)nc(-c5ccccc5)n4)cc3)ccc2-c2ccc(-c3nc(-c4ccccc4)nc(-c4cccc5ccccc45)n3)cc2)n1. The second-order valence-electron chi connectivity index (χ2n) is 15.8. The molecule has 0 radical (unpaired) electrons. The highest BCUT2D eigenvalue weighted by atomic mass is 15.0. The minimum atomic E-state index is 0.609. The van der Waals surface area contributed by atoms with Crippen molar-refractivity contribution in [1.29, 1.82) is 0 Å². The van der Waals surface area contributed by atoms with Gasteiger partial charge in [0.25, 0.3) is 0 Å².